The van der Waals surface area contributed by atoms with Gasteiger partial charge in [0.05, 0.1) is 6.61 Å². The van der Waals surface area contributed by atoms with Crippen LogP contribution in [0.4, 0.5) is 0 Å². The van der Waals surface area contributed by atoms with Gasteiger partial charge in [0.1, 0.15) is 0 Å². The summed E-state index contributed by atoms with van der Waals surface area (Å²) in [6.45, 7) is 2.00. The highest BCUT2D eigenvalue weighted by atomic mass is 16.5. The van der Waals surface area contributed by atoms with Crippen molar-refractivity contribution < 1.29 is 4.74 Å². The molecule has 1 heterocycles. The minimum absolute atomic E-state index is 0.0590. The number of rotatable bonds is 5. The number of pyridine rings is 1. The molecule has 1 rings (SSSR count). The van der Waals surface area contributed by atoms with Crippen LogP contribution in [0.3, 0.4) is 0 Å². The summed E-state index contributed by atoms with van der Waals surface area (Å²) in [7, 11) is 1.65. The predicted octanol–water partition coefficient (Wildman–Crippen LogP) is 0.111. The van der Waals surface area contributed by atoms with Gasteiger partial charge in [0.15, 0.2) is 5.43 Å². The van der Waals surface area contributed by atoms with Gasteiger partial charge in [-0.3, -0.25) is 4.79 Å². The Morgan fingerprint density at radius 3 is 3.15 bits per heavy atom. The molecule has 4 nitrogen and oxygen atoms in total. The molecule has 0 spiro atoms. The van der Waals surface area contributed by atoms with Crippen molar-refractivity contribution in [2.75, 3.05) is 20.3 Å². The van der Waals surface area contributed by atoms with E-state index in [-0.39, 0.29) is 5.43 Å². The summed E-state index contributed by atoms with van der Waals surface area (Å²) in [5, 5.41) is 3.10. The molecule has 0 fully saturated rings. The van der Waals surface area contributed by atoms with E-state index < -0.39 is 0 Å². The third-order valence-electron chi connectivity index (χ3n) is 1.70. The fourth-order valence-corrected chi connectivity index (χ4v) is 0.986. The third-order valence-corrected chi connectivity index (χ3v) is 1.70. The van der Waals surface area contributed by atoms with Crippen LogP contribution < -0.4 is 10.7 Å². The minimum Gasteiger partial charge on any atom is -0.383 e. The fourth-order valence-electron chi connectivity index (χ4n) is 0.986. The smallest absolute Gasteiger partial charge is 0.186 e. The van der Waals surface area contributed by atoms with E-state index >= 15 is 0 Å². The standard InChI is InChI=1S/C9H14N2O2/c1-13-5-4-11-7-8-6-10-3-2-9(8)12/h2-3,6,11H,4-5,7H2,1H3,(H,10,12). The van der Waals surface area contributed by atoms with Gasteiger partial charge in [-0.05, 0) is 0 Å². The molecule has 0 aliphatic carbocycles. The van der Waals surface area contributed by atoms with E-state index in [2.05, 4.69) is 10.3 Å². The van der Waals surface area contributed by atoms with Crippen molar-refractivity contribution in [1.29, 1.82) is 0 Å². The Labute approximate surface area is 76.9 Å². The summed E-state index contributed by atoms with van der Waals surface area (Å²) >= 11 is 0. The molecule has 0 bridgehead atoms. The first-order valence-corrected chi connectivity index (χ1v) is 4.20. The molecule has 13 heavy (non-hydrogen) atoms. The lowest BCUT2D eigenvalue weighted by Crippen LogP contribution is -2.22. The van der Waals surface area contributed by atoms with Crippen molar-refractivity contribution in [3.63, 3.8) is 0 Å². The van der Waals surface area contributed by atoms with E-state index in [1.165, 1.54) is 6.07 Å². The largest absolute Gasteiger partial charge is 0.383 e. The van der Waals surface area contributed by atoms with Crippen LogP contribution in [-0.4, -0.2) is 25.2 Å². The van der Waals surface area contributed by atoms with Crippen molar-refractivity contribution in [1.82, 2.24) is 10.3 Å². The molecule has 0 atom stereocenters. The van der Waals surface area contributed by atoms with E-state index in [0.29, 0.717) is 13.2 Å². The molecule has 0 amide bonds. The SMILES string of the molecule is COCCNCc1c[nH]ccc1=O. The van der Waals surface area contributed by atoms with Crippen LogP contribution in [0.2, 0.25) is 0 Å². The number of hydrogen-bond acceptors (Lipinski definition) is 3. The second-order valence-electron chi connectivity index (χ2n) is 2.70. The zero-order chi connectivity index (χ0) is 9.52. The van der Waals surface area contributed by atoms with E-state index in [0.717, 1.165) is 12.1 Å². The first-order chi connectivity index (χ1) is 6.34. The van der Waals surface area contributed by atoms with Crippen molar-refractivity contribution in [3.8, 4) is 0 Å². The molecule has 4 heteroatoms. The Morgan fingerprint density at radius 2 is 2.46 bits per heavy atom. The number of nitrogens with one attached hydrogen (secondary N) is 2. The number of H-pyrrole nitrogens is 1. The highest BCUT2D eigenvalue weighted by Crippen LogP contribution is 1.85. The third kappa shape index (κ3) is 3.40. The second-order valence-corrected chi connectivity index (χ2v) is 2.70. The van der Waals surface area contributed by atoms with Gasteiger partial charge < -0.3 is 15.0 Å². The maximum Gasteiger partial charge on any atom is 0.186 e. The lowest BCUT2D eigenvalue weighted by Gasteiger charge is -2.02. The molecule has 0 aromatic carbocycles. The Morgan fingerprint density at radius 1 is 1.62 bits per heavy atom. The second kappa shape index (κ2) is 5.50. The number of ether oxygens (including phenoxy) is 1. The minimum atomic E-state index is 0.0590. The van der Waals surface area contributed by atoms with Gasteiger partial charge in [0.25, 0.3) is 0 Å². The topological polar surface area (TPSA) is 54.1 Å². The molecule has 1 aromatic heterocycles. The highest BCUT2D eigenvalue weighted by Gasteiger charge is 1.95. The van der Waals surface area contributed by atoms with Crippen molar-refractivity contribution in [2.24, 2.45) is 0 Å². The molecular weight excluding hydrogens is 168 g/mol. The van der Waals surface area contributed by atoms with Crippen molar-refractivity contribution in [2.45, 2.75) is 6.54 Å². The molecule has 2 N–H and O–H groups in total. The van der Waals surface area contributed by atoms with Crippen LogP contribution in [0.5, 0.6) is 0 Å². The summed E-state index contributed by atoms with van der Waals surface area (Å²) in [5.74, 6) is 0. The van der Waals surface area contributed by atoms with Crippen LogP contribution in [0.15, 0.2) is 23.3 Å². The zero-order valence-corrected chi connectivity index (χ0v) is 7.67. The lowest BCUT2D eigenvalue weighted by atomic mass is 10.3. The average Bonchev–Trinajstić information content (AvgIpc) is 2.15. The Balaban J connectivity index is 2.37. The Kier molecular flexibility index (Phi) is 4.21. The first-order valence-electron chi connectivity index (χ1n) is 4.20. The fraction of sp³-hybridized carbons (Fsp3) is 0.444. The number of aromatic amines is 1. The monoisotopic (exact) mass is 182 g/mol. The lowest BCUT2D eigenvalue weighted by molar-refractivity contribution is 0.199. The molecule has 0 saturated carbocycles. The van der Waals surface area contributed by atoms with E-state index in [9.17, 15) is 4.79 Å². The summed E-state index contributed by atoms with van der Waals surface area (Å²) in [5.41, 5.74) is 0.808. The van der Waals surface area contributed by atoms with Crippen LogP contribution >= 0.6 is 0 Å². The Bertz CT molecular complexity index is 296. The van der Waals surface area contributed by atoms with E-state index in [4.69, 9.17) is 4.74 Å². The summed E-state index contributed by atoms with van der Waals surface area (Å²) in [6, 6.07) is 1.52. The van der Waals surface area contributed by atoms with Gasteiger partial charge >= 0.3 is 0 Å². The zero-order valence-electron chi connectivity index (χ0n) is 7.67. The number of hydrogen-bond donors (Lipinski definition) is 2. The van der Waals surface area contributed by atoms with E-state index in [1.54, 1.807) is 19.5 Å². The van der Waals surface area contributed by atoms with Crippen LogP contribution in [0, 0.1) is 0 Å². The molecule has 0 unspecified atom stereocenters. The predicted molar refractivity (Wildman–Crippen MR) is 50.6 cm³/mol. The molecular formula is C9H14N2O2. The summed E-state index contributed by atoms with van der Waals surface area (Å²) in [4.78, 5) is 14.1. The normalized spacial score (nSPS) is 10.2. The molecule has 0 aliphatic rings. The quantitative estimate of drug-likeness (QED) is 0.635. The van der Waals surface area contributed by atoms with Crippen molar-refractivity contribution >= 4 is 0 Å². The van der Waals surface area contributed by atoms with E-state index in [1.807, 2.05) is 0 Å². The van der Waals surface area contributed by atoms with Gasteiger partial charge in [-0.1, -0.05) is 0 Å². The molecule has 0 saturated heterocycles. The van der Waals surface area contributed by atoms with Crippen LogP contribution in [0.25, 0.3) is 0 Å². The average molecular weight is 182 g/mol. The van der Waals surface area contributed by atoms with Gasteiger partial charge in [-0.25, -0.2) is 0 Å². The van der Waals surface area contributed by atoms with Gasteiger partial charge in [0.2, 0.25) is 0 Å². The molecule has 0 radical (unpaired) electrons. The highest BCUT2D eigenvalue weighted by molar-refractivity contribution is 5.08. The summed E-state index contributed by atoms with van der Waals surface area (Å²) in [6.07, 6.45) is 3.34. The first kappa shape index (κ1) is 9.95. The number of methoxy groups -OCH3 is 1. The van der Waals surface area contributed by atoms with Gasteiger partial charge in [0, 0.05) is 44.2 Å². The summed E-state index contributed by atoms with van der Waals surface area (Å²) < 4.78 is 4.86. The molecule has 1 aromatic rings. The van der Waals surface area contributed by atoms with Gasteiger partial charge in [-0.2, -0.15) is 0 Å². The Hall–Kier alpha value is -1.13. The molecule has 0 aliphatic heterocycles. The van der Waals surface area contributed by atoms with Gasteiger partial charge in [-0.15, -0.1) is 0 Å². The number of aromatic nitrogens is 1. The van der Waals surface area contributed by atoms with Crippen LogP contribution in [-0.2, 0) is 11.3 Å². The maximum atomic E-state index is 11.2. The maximum absolute atomic E-state index is 11.2. The van der Waals surface area contributed by atoms with Crippen LogP contribution in [0.1, 0.15) is 5.56 Å². The molecule has 72 valence electrons. The van der Waals surface area contributed by atoms with Crippen molar-refractivity contribution in [3.05, 3.63) is 34.2 Å².